The van der Waals surface area contributed by atoms with Crippen LogP contribution in [0.4, 0.5) is 9.93 Å². The molecule has 1 saturated heterocycles. The molecule has 0 spiro atoms. The summed E-state index contributed by atoms with van der Waals surface area (Å²) in [5.74, 6) is 1.01. The second kappa shape index (κ2) is 9.21. The van der Waals surface area contributed by atoms with Crippen molar-refractivity contribution in [2.75, 3.05) is 50.1 Å². The maximum Gasteiger partial charge on any atom is 0.321 e. The molecule has 1 fully saturated rings. The van der Waals surface area contributed by atoms with Crippen LogP contribution in [0.3, 0.4) is 0 Å². The summed E-state index contributed by atoms with van der Waals surface area (Å²) in [4.78, 5) is 18.9. The standard InChI is InChI=1S/C21H24N4O4S2/c1-29-17-8-7-16(15-5-3-2-4-6-15)19-18(17)23-21(30-19)24-20(26)22-9-10-25-11-13-31(27,28)14-12-25/h2-8H,9-14H2,1H3,(H2,22,23,24,26). The second-order valence-electron chi connectivity index (χ2n) is 7.25. The second-order valence-corrected chi connectivity index (χ2v) is 10.6. The summed E-state index contributed by atoms with van der Waals surface area (Å²) in [6.45, 7) is 2.04. The number of thiazole rings is 1. The van der Waals surface area contributed by atoms with Gasteiger partial charge in [0, 0.05) is 31.7 Å². The molecule has 2 N–H and O–H groups in total. The molecule has 8 nitrogen and oxygen atoms in total. The van der Waals surface area contributed by atoms with Crippen LogP contribution in [0.25, 0.3) is 21.3 Å². The summed E-state index contributed by atoms with van der Waals surface area (Å²) in [6, 6.07) is 13.5. The molecule has 0 bridgehead atoms. The lowest BCUT2D eigenvalue weighted by Crippen LogP contribution is -2.44. The average molecular weight is 461 g/mol. The fourth-order valence-corrected chi connectivity index (χ4v) is 5.78. The summed E-state index contributed by atoms with van der Waals surface area (Å²) >= 11 is 1.40. The number of ether oxygens (including phenoxy) is 1. The third-order valence-electron chi connectivity index (χ3n) is 5.18. The highest BCUT2D eigenvalue weighted by molar-refractivity contribution is 7.91. The number of hydrogen-bond acceptors (Lipinski definition) is 7. The number of urea groups is 1. The highest BCUT2D eigenvalue weighted by Crippen LogP contribution is 2.39. The number of methoxy groups -OCH3 is 1. The number of nitrogens with one attached hydrogen (secondary N) is 2. The van der Waals surface area contributed by atoms with E-state index in [0.717, 1.165) is 15.8 Å². The fourth-order valence-electron chi connectivity index (χ4n) is 3.49. The summed E-state index contributed by atoms with van der Waals surface area (Å²) in [5, 5.41) is 6.10. The van der Waals surface area contributed by atoms with Crippen LogP contribution in [0.1, 0.15) is 0 Å². The highest BCUT2D eigenvalue weighted by atomic mass is 32.2. The van der Waals surface area contributed by atoms with Gasteiger partial charge in [0.2, 0.25) is 0 Å². The zero-order valence-corrected chi connectivity index (χ0v) is 18.8. The molecule has 3 aromatic rings. The van der Waals surface area contributed by atoms with Crippen LogP contribution in [0.2, 0.25) is 0 Å². The van der Waals surface area contributed by atoms with Gasteiger partial charge in [0.05, 0.1) is 23.3 Å². The Labute approximate surface area is 185 Å². The lowest BCUT2D eigenvalue weighted by molar-refractivity contribution is 0.247. The number of fused-ring (bicyclic) bond motifs is 1. The van der Waals surface area contributed by atoms with Crippen LogP contribution in [-0.4, -0.2) is 69.1 Å². The maximum absolute atomic E-state index is 12.3. The minimum absolute atomic E-state index is 0.177. The van der Waals surface area contributed by atoms with E-state index in [2.05, 4.69) is 15.6 Å². The molecule has 31 heavy (non-hydrogen) atoms. The number of aromatic nitrogens is 1. The van der Waals surface area contributed by atoms with Crippen molar-refractivity contribution in [1.29, 1.82) is 0 Å². The predicted molar refractivity (Wildman–Crippen MR) is 124 cm³/mol. The van der Waals surface area contributed by atoms with Gasteiger partial charge in [0.15, 0.2) is 15.0 Å². The van der Waals surface area contributed by atoms with E-state index in [1.165, 1.54) is 11.3 Å². The van der Waals surface area contributed by atoms with E-state index in [1.54, 1.807) is 7.11 Å². The van der Waals surface area contributed by atoms with E-state index in [0.29, 0.717) is 42.6 Å². The van der Waals surface area contributed by atoms with Crippen molar-refractivity contribution in [3.05, 3.63) is 42.5 Å². The first kappa shape index (κ1) is 21.5. The van der Waals surface area contributed by atoms with Crippen molar-refractivity contribution < 1.29 is 17.9 Å². The van der Waals surface area contributed by atoms with Crippen LogP contribution >= 0.6 is 11.3 Å². The number of hydrogen-bond donors (Lipinski definition) is 2. The number of benzene rings is 2. The molecule has 0 saturated carbocycles. The lowest BCUT2D eigenvalue weighted by Gasteiger charge is -2.26. The maximum atomic E-state index is 12.3. The summed E-state index contributed by atoms with van der Waals surface area (Å²) in [5.41, 5.74) is 2.81. The molecule has 0 aliphatic carbocycles. The third kappa shape index (κ3) is 5.15. The van der Waals surface area contributed by atoms with E-state index < -0.39 is 9.84 Å². The van der Waals surface area contributed by atoms with E-state index >= 15 is 0 Å². The molecule has 0 unspecified atom stereocenters. The monoisotopic (exact) mass is 460 g/mol. The van der Waals surface area contributed by atoms with Crippen LogP contribution < -0.4 is 15.4 Å². The molecule has 164 valence electrons. The zero-order valence-electron chi connectivity index (χ0n) is 17.1. The molecule has 2 amide bonds. The van der Waals surface area contributed by atoms with Crippen LogP contribution in [-0.2, 0) is 9.84 Å². The number of rotatable bonds is 6. The van der Waals surface area contributed by atoms with Gasteiger partial charge in [-0.25, -0.2) is 18.2 Å². The van der Waals surface area contributed by atoms with E-state index in [9.17, 15) is 13.2 Å². The van der Waals surface area contributed by atoms with Crippen molar-refractivity contribution >= 4 is 42.6 Å². The Morgan fingerprint density at radius 3 is 2.61 bits per heavy atom. The molecule has 1 aliphatic heterocycles. The van der Waals surface area contributed by atoms with E-state index in [4.69, 9.17) is 4.74 Å². The van der Waals surface area contributed by atoms with Crippen LogP contribution in [0.5, 0.6) is 5.75 Å². The fraction of sp³-hybridized carbons (Fsp3) is 0.333. The van der Waals surface area contributed by atoms with Gasteiger partial charge in [-0.15, -0.1) is 0 Å². The van der Waals surface area contributed by atoms with Gasteiger partial charge >= 0.3 is 6.03 Å². The van der Waals surface area contributed by atoms with Gasteiger partial charge in [0.25, 0.3) is 0 Å². The Kier molecular flexibility index (Phi) is 6.40. The van der Waals surface area contributed by atoms with Crippen molar-refractivity contribution in [3.8, 4) is 16.9 Å². The molecule has 10 heteroatoms. The lowest BCUT2D eigenvalue weighted by atomic mass is 10.1. The smallest absolute Gasteiger partial charge is 0.321 e. The van der Waals surface area contributed by atoms with Crippen LogP contribution in [0.15, 0.2) is 42.5 Å². The van der Waals surface area contributed by atoms with Gasteiger partial charge in [-0.2, -0.15) is 0 Å². The molecular formula is C21H24N4O4S2. The third-order valence-corrected chi connectivity index (χ3v) is 7.80. The van der Waals surface area contributed by atoms with E-state index in [-0.39, 0.29) is 17.5 Å². The van der Waals surface area contributed by atoms with Gasteiger partial charge in [-0.1, -0.05) is 41.7 Å². The highest BCUT2D eigenvalue weighted by Gasteiger charge is 2.21. The van der Waals surface area contributed by atoms with Crippen molar-refractivity contribution in [1.82, 2.24) is 15.2 Å². The normalized spacial score (nSPS) is 16.2. The molecular weight excluding hydrogens is 436 g/mol. The van der Waals surface area contributed by atoms with Gasteiger partial charge in [-0.05, 0) is 17.7 Å². The van der Waals surface area contributed by atoms with Crippen molar-refractivity contribution in [2.45, 2.75) is 0 Å². The molecule has 4 rings (SSSR count). The number of amides is 2. The first-order valence-corrected chi connectivity index (χ1v) is 12.6. The summed E-state index contributed by atoms with van der Waals surface area (Å²) < 4.78 is 29.4. The van der Waals surface area contributed by atoms with E-state index in [1.807, 2.05) is 47.4 Å². The Balaban J connectivity index is 1.42. The summed E-state index contributed by atoms with van der Waals surface area (Å²) in [7, 11) is -1.30. The Morgan fingerprint density at radius 2 is 1.90 bits per heavy atom. The first-order valence-electron chi connectivity index (χ1n) is 9.96. The number of nitrogens with zero attached hydrogens (tertiary/aromatic N) is 2. The molecule has 0 radical (unpaired) electrons. The largest absolute Gasteiger partial charge is 0.494 e. The minimum Gasteiger partial charge on any atom is -0.494 e. The molecule has 1 aliphatic rings. The summed E-state index contributed by atoms with van der Waals surface area (Å²) in [6.07, 6.45) is 0. The molecule has 2 heterocycles. The van der Waals surface area contributed by atoms with Crippen LogP contribution in [0, 0.1) is 0 Å². The molecule has 2 aromatic carbocycles. The minimum atomic E-state index is -2.90. The number of anilines is 1. The van der Waals surface area contributed by atoms with Crippen molar-refractivity contribution in [2.24, 2.45) is 0 Å². The van der Waals surface area contributed by atoms with Gasteiger partial charge in [-0.3, -0.25) is 10.2 Å². The average Bonchev–Trinajstić information content (AvgIpc) is 3.18. The Bertz CT molecular complexity index is 1160. The quantitative estimate of drug-likeness (QED) is 0.587. The number of carbonyl (C=O) groups is 1. The first-order chi connectivity index (χ1) is 14.9. The molecule has 1 aromatic heterocycles. The zero-order chi connectivity index (χ0) is 21.8. The number of carbonyl (C=O) groups excluding carboxylic acids is 1. The molecule has 0 atom stereocenters. The number of sulfone groups is 1. The predicted octanol–water partition coefficient (Wildman–Crippen LogP) is 2.82. The Hall–Kier alpha value is -2.69. The van der Waals surface area contributed by atoms with Crippen molar-refractivity contribution in [3.63, 3.8) is 0 Å². The topological polar surface area (TPSA) is 101 Å². The Morgan fingerprint density at radius 1 is 1.16 bits per heavy atom. The van der Waals surface area contributed by atoms with Gasteiger partial charge in [0.1, 0.15) is 11.3 Å². The van der Waals surface area contributed by atoms with Gasteiger partial charge < -0.3 is 10.1 Å². The SMILES string of the molecule is COc1ccc(-c2ccccc2)c2sc(NC(=O)NCCN3CCS(=O)(=O)CC3)nc12.